The van der Waals surface area contributed by atoms with Gasteiger partial charge in [0.2, 0.25) is 8.87 Å². The second-order valence-electron chi connectivity index (χ2n) is 18.1. The van der Waals surface area contributed by atoms with Crippen LogP contribution in [0.15, 0.2) is 58.3 Å². The summed E-state index contributed by atoms with van der Waals surface area (Å²) < 4.78 is 50.2. The van der Waals surface area contributed by atoms with Gasteiger partial charge in [-0.25, -0.2) is 16.8 Å². The third-order valence-corrected chi connectivity index (χ3v) is 17.4. The fourth-order valence-corrected chi connectivity index (χ4v) is 11.0. The molecule has 2 rings (SSSR count). The minimum Gasteiger partial charge on any atom is -1.00 e. The van der Waals surface area contributed by atoms with Gasteiger partial charge in [-0.2, -0.15) is 0 Å². The minimum absolute atomic E-state index is 0. The molecule has 0 fully saturated rings. The first-order valence-corrected chi connectivity index (χ1v) is 34.5. The number of Topliss-reactive ketones (excluding diaryl/α,β-unsaturated/α-hetero) is 3. The van der Waals surface area contributed by atoms with Crippen LogP contribution in [0.2, 0.25) is 0 Å². The minimum atomic E-state index is -3.44. The van der Waals surface area contributed by atoms with Crippen molar-refractivity contribution in [3.8, 4) is 0 Å². The summed E-state index contributed by atoms with van der Waals surface area (Å²) >= 11 is 24.2. The Morgan fingerprint density at radius 2 is 0.937 bits per heavy atom. The van der Waals surface area contributed by atoms with Crippen LogP contribution >= 0.6 is 61.5 Å². The molecule has 0 aliphatic heterocycles. The van der Waals surface area contributed by atoms with Gasteiger partial charge in [0.15, 0.2) is 17.4 Å². The maximum Gasteiger partial charge on any atom is 1.00 e. The van der Waals surface area contributed by atoms with Gasteiger partial charge in [0, 0.05) is 71.9 Å². The van der Waals surface area contributed by atoms with Gasteiger partial charge in [0.05, 0.1) is 26.3 Å². The quantitative estimate of drug-likeness (QED) is 0.0124. The Morgan fingerprint density at radius 1 is 0.595 bits per heavy atom. The monoisotopic (exact) mass is 1350 g/mol. The number of hydrogen-bond acceptors (Lipinski definition) is 15. The van der Waals surface area contributed by atoms with E-state index in [4.69, 9.17) is 55.2 Å². The molecule has 0 atom stereocenters. The summed E-state index contributed by atoms with van der Waals surface area (Å²) in [7, 11) is -5.67. The van der Waals surface area contributed by atoms with E-state index in [1.54, 1.807) is 31.2 Å². The Bertz CT molecular complexity index is 1930. The summed E-state index contributed by atoms with van der Waals surface area (Å²) in [5.74, 6) is 1.94. The molecule has 452 valence electrons. The van der Waals surface area contributed by atoms with Crippen LogP contribution in [0, 0.1) is 31.6 Å². The molecule has 13 nitrogen and oxygen atoms in total. The van der Waals surface area contributed by atoms with Gasteiger partial charge in [-0.05, 0) is 128 Å². The van der Waals surface area contributed by atoms with E-state index in [0.717, 1.165) is 129 Å². The van der Waals surface area contributed by atoms with Crippen LogP contribution in [0.4, 0.5) is 0 Å². The number of halogens is 4. The van der Waals surface area contributed by atoms with Gasteiger partial charge >= 0.3 is 76.2 Å². The summed E-state index contributed by atoms with van der Waals surface area (Å²) in [4.78, 5) is 43.3. The van der Waals surface area contributed by atoms with Crippen molar-refractivity contribution in [2.45, 2.75) is 180 Å². The van der Waals surface area contributed by atoms with Crippen molar-refractivity contribution in [1.29, 1.82) is 0 Å². The van der Waals surface area contributed by atoms with Crippen molar-refractivity contribution < 1.29 is 133 Å². The average Bonchev–Trinajstić information content (AvgIpc) is 3.36. The average molecular weight is 1350 g/mol. The number of unbranched alkanes of at least 4 members (excludes halogenated alkanes) is 12. The first-order valence-electron chi connectivity index (χ1n) is 26.3. The van der Waals surface area contributed by atoms with E-state index in [1.807, 2.05) is 26.0 Å². The molecule has 0 aliphatic carbocycles. The Labute approximate surface area is 576 Å². The van der Waals surface area contributed by atoms with Crippen LogP contribution in [0.3, 0.4) is 0 Å². The standard InChI is InChI=1S/C16H26O4S2.C11H19ClO2.C9H19ClO2.C7H8O2S2.C6H12BrCl.C6H10O3.Al.K.Li.4H/c1-14-7-9-16(10-8-14)22(19,20)21-11-5-3-2-4-6-15(12-17)13-18;1-9(13)11(10(2)14)7-5-3-4-6-8-12;10-6-4-2-1-3-5-9(7-11)8-12;1-6-2-4-7(5-3-6)11(8,9)10;7-5-3-1-2-4-6-8;1-3-9-6(8)4-5(2)7;;;;;;;/h7-10,15,17-18H,2-6,11-13H2,1H3;11H,3-8H2,1-2H3;9,11-12H,1-8H2;2-5H,1H3,(H,8,9,10);1-6H2;3-4H2,1-2H3;;;;;;;/q;;;;;;;2*+1;;;;-1/p-1. The van der Waals surface area contributed by atoms with Crippen molar-refractivity contribution in [1.82, 2.24) is 0 Å². The molecule has 79 heavy (non-hydrogen) atoms. The van der Waals surface area contributed by atoms with Crippen molar-refractivity contribution in [2.75, 3.05) is 61.8 Å². The maximum atomic E-state index is 12.1. The molecule has 0 saturated heterocycles. The zero-order valence-electron chi connectivity index (χ0n) is 49.2. The van der Waals surface area contributed by atoms with Gasteiger partial charge in [-0.1, -0.05) is 122 Å². The van der Waals surface area contributed by atoms with Crippen LogP contribution in [0.25, 0.3) is 0 Å². The number of rotatable bonds is 36. The molecular weight excluding hydrogens is 1260 g/mol. The number of carbonyl (C=O) groups is 4. The molecule has 0 bridgehead atoms. The molecule has 4 N–H and O–H groups in total. The predicted molar refractivity (Wildman–Crippen MR) is 333 cm³/mol. The van der Waals surface area contributed by atoms with Crippen molar-refractivity contribution in [2.24, 2.45) is 17.8 Å². The van der Waals surface area contributed by atoms with E-state index in [0.29, 0.717) is 29.6 Å². The maximum absolute atomic E-state index is 12.1. The number of carbonyl (C=O) groups excluding carboxylic acids is 4. The SMILES string of the molecule is CC(=O)C(CCCCCCCl)C(C)=O.CCOC(=O)CC(C)=O.Cc1ccc(S(=O)(=O)SCCCCCCC(CO)CO)cc1.Cc1ccc(S(=O)(=O)[S-])cc1.ClCCCCCCBr.OCC(CO)CCCCCCCl.[AlH3].[H-].[K+].[Li+]. The van der Waals surface area contributed by atoms with Crippen LogP contribution < -0.4 is 70.2 Å². The molecule has 0 aromatic heterocycles. The van der Waals surface area contributed by atoms with E-state index < -0.39 is 23.7 Å². The summed E-state index contributed by atoms with van der Waals surface area (Å²) in [5, 5.41) is 36.5. The summed E-state index contributed by atoms with van der Waals surface area (Å²) in [5.41, 5.74) is 2.07. The molecule has 0 saturated carbocycles. The normalized spacial score (nSPS) is 10.5. The molecule has 0 amide bonds. The predicted octanol–water partition coefficient (Wildman–Crippen LogP) is 5.59. The van der Waals surface area contributed by atoms with E-state index in [1.165, 1.54) is 58.6 Å². The molecule has 24 heteroatoms. The number of benzene rings is 2. The van der Waals surface area contributed by atoms with Gasteiger partial charge in [-0.15, -0.1) is 34.8 Å². The number of hydrogen-bond donors (Lipinski definition) is 4. The topological polar surface area (TPSA) is 227 Å². The number of alkyl halides is 4. The molecule has 0 heterocycles. The fraction of sp³-hybridized carbons (Fsp3) is 0.709. The van der Waals surface area contributed by atoms with E-state index in [-0.39, 0.29) is 162 Å². The first-order chi connectivity index (χ1) is 36.0. The third kappa shape index (κ3) is 63.8. The largest absolute Gasteiger partial charge is 1.00 e. The smallest absolute Gasteiger partial charge is 1.00 e. The summed E-state index contributed by atoms with van der Waals surface area (Å²) in [6.07, 6.45) is 19.8. The van der Waals surface area contributed by atoms with Gasteiger partial charge in [0.25, 0.3) is 0 Å². The van der Waals surface area contributed by atoms with Gasteiger partial charge in [0.1, 0.15) is 23.8 Å². The zero-order chi connectivity index (χ0) is 58.6. The van der Waals surface area contributed by atoms with E-state index in [2.05, 4.69) is 32.3 Å². The molecule has 2 aromatic carbocycles. The molecule has 0 unspecified atom stereocenters. The van der Waals surface area contributed by atoms with Crippen LogP contribution in [-0.2, 0) is 53.3 Å². The number of esters is 1. The molecule has 0 radical (unpaired) electrons. The number of aryl methyl sites for hydroxylation is 2. The van der Waals surface area contributed by atoms with Gasteiger partial charge in [-0.3, -0.25) is 19.2 Å². The Hall–Kier alpha value is 1.48. The number of ether oxygens (including phenoxy) is 1. The van der Waals surface area contributed by atoms with Crippen molar-refractivity contribution in [3.05, 3.63) is 59.7 Å². The second kappa shape index (κ2) is 65.5. The summed E-state index contributed by atoms with van der Waals surface area (Å²) in [6, 6.07) is 13.4. The Morgan fingerprint density at radius 3 is 1.25 bits per heavy atom. The van der Waals surface area contributed by atoms with Gasteiger partial charge < -0.3 is 38.3 Å². The second-order valence-corrected chi connectivity index (χ2v) is 26.7. The van der Waals surface area contributed by atoms with E-state index in [9.17, 15) is 36.0 Å². The number of aliphatic hydroxyl groups excluding tert-OH is 4. The van der Waals surface area contributed by atoms with Crippen LogP contribution in [0.5, 0.6) is 0 Å². The van der Waals surface area contributed by atoms with Crippen molar-refractivity contribution >= 4 is 132 Å². The molecule has 2 aromatic rings. The van der Waals surface area contributed by atoms with Crippen LogP contribution in [0.1, 0.15) is 169 Å². The Balaban J connectivity index is -0.000000133. The molecule has 0 spiro atoms. The molecule has 0 aliphatic rings. The Kier molecular flexibility index (Phi) is 78.0. The van der Waals surface area contributed by atoms with Crippen LogP contribution in [-0.4, -0.2) is 140 Å². The summed E-state index contributed by atoms with van der Waals surface area (Å²) in [6.45, 7) is 10.5. The van der Waals surface area contributed by atoms with E-state index >= 15 is 0 Å². The third-order valence-electron chi connectivity index (χ3n) is 11.0. The molecular formula is C55H97AlBrCl3KLiO13S4. The number of ketones is 3. The number of aliphatic hydroxyl groups is 4. The fourth-order valence-electron chi connectivity index (χ4n) is 6.34. The van der Waals surface area contributed by atoms with Crippen molar-refractivity contribution in [3.63, 3.8) is 0 Å². The zero-order valence-corrected chi connectivity index (χ0v) is 58.4. The first kappa shape index (κ1) is 94.2.